The zero-order chi connectivity index (χ0) is 12.0. The number of rotatable bonds is 2. The molecule has 16 heavy (non-hydrogen) atoms. The molecule has 0 bridgehead atoms. The van der Waals surface area contributed by atoms with Crippen molar-refractivity contribution in [3.8, 4) is 24.2 Å². The molecule has 0 spiro atoms. The summed E-state index contributed by atoms with van der Waals surface area (Å²) in [6, 6.07) is 8.45. The molecule has 0 heterocycles. The van der Waals surface area contributed by atoms with E-state index < -0.39 is 0 Å². The molecule has 1 aromatic carbocycles. The van der Waals surface area contributed by atoms with E-state index in [0.29, 0.717) is 18.3 Å². The molecular formula is C16H18. The van der Waals surface area contributed by atoms with Crippen LogP contribution in [0.2, 0.25) is 0 Å². The molecule has 0 fully saturated rings. The summed E-state index contributed by atoms with van der Waals surface area (Å²) in [5.41, 5.74) is 2.41. The normalized spacial score (nSPS) is 11.4. The van der Waals surface area contributed by atoms with Crippen LogP contribution in [0, 0.1) is 30.1 Å². The summed E-state index contributed by atoms with van der Waals surface area (Å²) >= 11 is 0. The first-order valence-electron chi connectivity index (χ1n) is 5.67. The second kappa shape index (κ2) is 6.04. The minimum Gasteiger partial charge on any atom is -0.119 e. The van der Waals surface area contributed by atoms with Gasteiger partial charge in [-0.2, -0.15) is 0 Å². The largest absolute Gasteiger partial charge is 0.119 e. The third-order valence-electron chi connectivity index (χ3n) is 2.86. The van der Waals surface area contributed by atoms with Crippen LogP contribution in [-0.4, -0.2) is 0 Å². The van der Waals surface area contributed by atoms with Crippen molar-refractivity contribution >= 4 is 0 Å². The predicted molar refractivity (Wildman–Crippen MR) is 70.0 cm³/mol. The fraction of sp³-hybridized carbons (Fsp3) is 0.375. The van der Waals surface area contributed by atoms with E-state index >= 15 is 0 Å². The van der Waals surface area contributed by atoms with Gasteiger partial charge in [0.25, 0.3) is 0 Å². The van der Waals surface area contributed by atoms with Gasteiger partial charge >= 0.3 is 0 Å². The summed E-state index contributed by atoms with van der Waals surface area (Å²) in [5.74, 6) is 9.75. The topological polar surface area (TPSA) is 0 Å². The van der Waals surface area contributed by atoms with E-state index in [-0.39, 0.29) is 0 Å². The quantitative estimate of drug-likeness (QED) is 0.651. The van der Waals surface area contributed by atoms with E-state index in [4.69, 9.17) is 6.42 Å². The van der Waals surface area contributed by atoms with Crippen LogP contribution < -0.4 is 0 Å². The van der Waals surface area contributed by atoms with Crippen LogP contribution >= 0.6 is 0 Å². The molecule has 0 saturated carbocycles. The Morgan fingerprint density at radius 2 is 1.75 bits per heavy atom. The van der Waals surface area contributed by atoms with E-state index in [1.165, 1.54) is 5.56 Å². The van der Waals surface area contributed by atoms with Crippen molar-refractivity contribution in [2.45, 2.75) is 33.1 Å². The smallest absolute Gasteiger partial charge is 0.0703 e. The van der Waals surface area contributed by atoms with Crippen LogP contribution in [0.25, 0.3) is 0 Å². The summed E-state index contributed by atoms with van der Waals surface area (Å²) in [4.78, 5) is 0. The van der Waals surface area contributed by atoms with E-state index in [1.807, 2.05) is 0 Å². The molecular weight excluding hydrogens is 192 g/mol. The van der Waals surface area contributed by atoms with Crippen molar-refractivity contribution in [1.29, 1.82) is 0 Å². The van der Waals surface area contributed by atoms with Gasteiger partial charge < -0.3 is 0 Å². The average molecular weight is 210 g/mol. The third kappa shape index (κ3) is 3.48. The zero-order valence-corrected chi connectivity index (χ0v) is 10.2. The highest BCUT2D eigenvalue weighted by Crippen LogP contribution is 2.23. The lowest BCUT2D eigenvalue weighted by molar-refractivity contribution is 0.535. The Morgan fingerprint density at radius 1 is 1.12 bits per heavy atom. The van der Waals surface area contributed by atoms with Gasteiger partial charge in [0.15, 0.2) is 0 Å². The Kier molecular flexibility index (Phi) is 4.68. The molecule has 0 amide bonds. The Bertz CT molecular complexity index is 418. The van der Waals surface area contributed by atoms with Crippen LogP contribution in [0.4, 0.5) is 0 Å². The lowest BCUT2D eigenvalue weighted by Gasteiger charge is -2.15. The summed E-state index contributed by atoms with van der Waals surface area (Å²) < 4.78 is 0. The van der Waals surface area contributed by atoms with Gasteiger partial charge in [-0.05, 0) is 29.5 Å². The zero-order valence-electron chi connectivity index (χ0n) is 10.2. The summed E-state index contributed by atoms with van der Waals surface area (Å²) in [5, 5.41) is 0. The molecule has 0 aromatic heterocycles. The van der Waals surface area contributed by atoms with Crippen molar-refractivity contribution in [3.05, 3.63) is 35.4 Å². The number of hydrogen-bond donors (Lipinski definition) is 0. The summed E-state index contributed by atoms with van der Waals surface area (Å²) in [6.07, 6.45) is 5.66. The van der Waals surface area contributed by atoms with Crippen molar-refractivity contribution in [1.82, 2.24) is 0 Å². The van der Waals surface area contributed by atoms with Crippen LogP contribution in [-0.2, 0) is 0 Å². The van der Waals surface area contributed by atoms with E-state index in [0.717, 1.165) is 5.56 Å². The highest BCUT2D eigenvalue weighted by molar-refractivity contribution is 5.37. The third-order valence-corrected chi connectivity index (χ3v) is 2.86. The van der Waals surface area contributed by atoms with Crippen molar-refractivity contribution < 1.29 is 0 Å². The molecule has 0 N–H and O–H groups in total. The first kappa shape index (κ1) is 12.4. The van der Waals surface area contributed by atoms with E-state index in [9.17, 15) is 0 Å². The maximum absolute atomic E-state index is 5.14. The Morgan fingerprint density at radius 3 is 2.25 bits per heavy atom. The van der Waals surface area contributed by atoms with Crippen LogP contribution in [0.15, 0.2) is 24.3 Å². The standard InChI is InChI=1S/C16H18/c1-5-6-7-8-15-9-11-16(12-10-15)14(4)13(2)3/h1,9-14H,6H2,2-4H3. The van der Waals surface area contributed by atoms with Crippen LogP contribution in [0.3, 0.4) is 0 Å². The lowest BCUT2D eigenvalue weighted by atomic mass is 9.90. The SMILES string of the molecule is C#CCC#Cc1ccc(C(C)C(C)C)cc1. The van der Waals surface area contributed by atoms with E-state index in [1.54, 1.807) is 0 Å². The highest BCUT2D eigenvalue weighted by atomic mass is 14.1. The molecule has 0 heteroatoms. The second-order valence-electron chi connectivity index (χ2n) is 4.34. The number of benzene rings is 1. The molecule has 82 valence electrons. The number of terminal acetylenes is 1. The van der Waals surface area contributed by atoms with E-state index in [2.05, 4.69) is 62.8 Å². The molecule has 0 aliphatic heterocycles. The Hall–Kier alpha value is -1.66. The molecule has 1 aromatic rings. The van der Waals surface area contributed by atoms with Gasteiger partial charge in [-0.25, -0.2) is 0 Å². The van der Waals surface area contributed by atoms with Crippen LogP contribution in [0.5, 0.6) is 0 Å². The van der Waals surface area contributed by atoms with Gasteiger partial charge in [-0.15, -0.1) is 6.42 Å². The first-order valence-corrected chi connectivity index (χ1v) is 5.67. The summed E-state index contributed by atoms with van der Waals surface area (Å²) in [6.45, 7) is 6.74. The first-order chi connectivity index (χ1) is 7.65. The van der Waals surface area contributed by atoms with Crippen molar-refractivity contribution in [2.24, 2.45) is 5.92 Å². The van der Waals surface area contributed by atoms with Gasteiger partial charge in [0, 0.05) is 5.56 Å². The molecule has 0 radical (unpaired) electrons. The van der Waals surface area contributed by atoms with Crippen molar-refractivity contribution in [3.63, 3.8) is 0 Å². The van der Waals surface area contributed by atoms with Crippen molar-refractivity contribution in [2.75, 3.05) is 0 Å². The summed E-state index contributed by atoms with van der Waals surface area (Å²) in [7, 11) is 0. The minimum atomic E-state index is 0.518. The Labute approximate surface area is 99.1 Å². The molecule has 0 aliphatic rings. The maximum Gasteiger partial charge on any atom is 0.0703 e. The monoisotopic (exact) mass is 210 g/mol. The average Bonchev–Trinajstić information content (AvgIpc) is 2.29. The van der Waals surface area contributed by atoms with Gasteiger partial charge in [0.05, 0.1) is 6.42 Å². The van der Waals surface area contributed by atoms with Gasteiger partial charge in [-0.3, -0.25) is 0 Å². The molecule has 1 unspecified atom stereocenters. The molecule has 0 nitrogen and oxygen atoms in total. The van der Waals surface area contributed by atoms with Crippen LogP contribution in [0.1, 0.15) is 44.2 Å². The molecule has 1 atom stereocenters. The lowest BCUT2D eigenvalue weighted by Crippen LogP contribution is -2.01. The predicted octanol–water partition coefficient (Wildman–Crippen LogP) is 3.82. The minimum absolute atomic E-state index is 0.518. The highest BCUT2D eigenvalue weighted by Gasteiger charge is 2.08. The molecule has 1 rings (SSSR count). The Balaban J connectivity index is 2.77. The molecule has 0 saturated heterocycles. The van der Waals surface area contributed by atoms with Gasteiger partial charge in [0.2, 0.25) is 0 Å². The van der Waals surface area contributed by atoms with Gasteiger partial charge in [-0.1, -0.05) is 50.7 Å². The fourth-order valence-electron chi connectivity index (χ4n) is 1.45. The second-order valence-corrected chi connectivity index (χ2v) is 4.34. The molecule has 0 aliphatic carbocycles. The number of hydrogen-bond acceptors (Lipinski definition) is 0. The maximum atomic E-state index is 5.14. The fourth-order valence-corrected chi connectivity index (χ4v) is 1.45. The van der Waals surface area contributed by atoms with Gasteiger partial charge in [0.1, 0.15) is 0 Å².